The molecule has 0 aromatic carbocycles. The van der Waals surface area contributed by atoms with Crippen LogP contribution in [0.15, 0.2) is 6.20 Å². The van der Waals surface area contributed by atoms with E-state index >= 15 is 0 Å². The summed E-state index contributed by atoms with van der Waals surface area (Å²) in [5, 5.41) is 3.25. The molecule has 0 aliphatic rings. The minimum Gasteiger partial charge on any atom is -0.380 e. The minimum absolute atomic E-state index is 0.320. The monoisotopic (exact) mass is 211 g/mol. The van der Waals surface area contributed by atoms with E-state index in [2.05, 4.69) is 34.9 Å². The van der Waals surface area contributed by atoms with Crippen molar-refractivity contribution in [2.24, 2.45) is 0 Å². The maximum Gasteiger partial charge on any atom is 0.203 e. The lowest BCUT2D eigenvalue weighted by Gasteiger charge is -2.16. The minimum atomic E-state index is 0.320. The van der Waals surface area contributed by atoms with E-state index in [4.69, 9.17) is 4.74 Å². The van der Waals surface area contributed by atoms with E-state index in [1.807, 2.05) is 13.8 Å². The summed E-state index contributed by atoms with van der Waals surface area (Å²) in [7, 11) is 0. The number of hydrogen-bond donors (Lipinski definition) is 1. The molecule has 0 bridgehead atoms. The molecule has 0 saturated heterocycles. The van der Waals surface area contributed by atoms with E-state index in [0.29, 0.717) is 6.04 Å². The van der Waals surface area contributed by atoms with Crippen molar-refractivity contribution in [3.05, 3.63) is 11.9 Å². The van der Waals surface area contributed by atoms with Crippen molar-refractivity contribution >= 4 is 5.95 Å². The molecule has 1 N–H and O–H groups in total. The molecule has 1 aromatic rings. The average Bonchev–Trinajstić information content (AvgIpc) is 2.57. The number of imidazole rings is 1. The maximum atomic E-state index is 5.42. The molecule has 1 unspecified atom stereocenters. The lowest BCUT2D eigenvalue weighted by Crippen LogP contribution is -2.15. The summed E-state index contributed by atoms with van der Waals surface area (Å²) in [5.41, 5.74) is 1.04. The van der Waals surface area contributed by atoms with Crippen LogP contribution in [0.1, 0.15) is 32.5 Å². The smallest absolute Gasteiger partial charge is 0.203 e. The zero-order chi connectivity index (χ0) is 11.3. The van der Waals surface area contributed by atoms with Crippen molar-refractivity contribution in [1.29, 1.82) is 0 Å². The second kappa shape index (κ2) is 5.75. The second-order valence-electron chi connectivity index (χ2n) is 3.65. The molecule has 15 heavy (non-hydrogen) atoms. The number of rotatable bonds is 6. The van der Waals surface area contributed by atoms with Crippen molar-refractivity contribution < 1.29 is 4.74 Å². The number of aromatic nitrogens is 2. The largest absolute Gasteiger partial charge is 0.380 e. The van der Waals surface area contributed by atoms with Crippen molar-refractivity contribution in [1.82, 2.24) is 9.55 Å². The number of ether oxygens (including phenoxy) is 1. The molecule has 0 aliphatic carbocycles. The van der Waals surface area contributed by atoms with E-state index in [0.717, 1.165) is 31.4 Å². The number of anilines is 1. The van der Waals surface area contributed by atoms with Gasteiger partial charge in [0.15, 0.2) is 0 Å². The standard InChI is InChI=1S/C11H21N3O/c1-5-12-11-13-9(3)7-14(11)10(4)8-15-6-2/h7,10H,5-6,8H2,1-4H3,(H,12,13). The molecular formula is C11H21N3O. The van der Waals surface area contributed by atoms with Gasteiger partial charge in [0.2, 0.25) is 5.95 Å². The fourth-order valence-corrected chi connectivity index (χ4v) is 1.51. The van der Waals surface area contributed by atoms with Crippen LogP contribution in [-0.2, 0) is 4.74 Å². The van der Waals surface area contributed by atoms with Gasteiger partial charge in [-0.1, -0.05) is 0 Å². The Balaban J connectivity index is 2.72. The van der Waals surface area contributed by atoms with Gasteiger partial charge in [0.1, 0.15) is 0 Å². The first-order valence-electron chi connectivity index (χ1n) is 5.56. The first-order valence-corrected chi connectivity index (χ1v) is 5.56. The van der Waals surface area contributed by atoms with E-state index < -0.39 is 0 Å². The highest BCUT2D eigenvalue weighted by Gasteiger charge is 2.10. The number of nitrogens with zero attached hydrogens (tertiary/aromatic N) is 2. The number of nitrogens with one attached hydrogen (secondary N) is 1. The molecule has 1 atom stereocenters. The Hall–Kier alpha value is -1.03. The van der Waals surface area contributed by atoms with Gasteiger partial charge in [0.25, 0.3) is 0 Å². The number of aryl methyl sites for hydroxylation is 1. The summed E-state index contributed by atoms with van der Waals surface area (Å²) < 4.78 is 7.55. The van der Waals surface area contributed by atoms with Gasteiger partial charge in [0.05, 0.1) is 18.3 Å². The highest BCUT2D eigenvalue weighted by Crippen LogP contribution is 2.15. The summed E-state index contributed by atoms with van der Waals surface area (Å²) in [4.78, 5) is 4.43. The Kier molecular flexibility index (Phi) is 4.62. The van der Waals surface area contributed by atoms with Gasteiger partial charge < -0.3 is 14.6 Å². The molecule has 0 aliphatic heterocycles. The Labute approximate surface area is 91.7 Å². The molecule has 4 heteroatoms. The summed E-state index contributed by atoms with van der Waals surface area (Å²) in [6.07, 6.45) is 2.06. The summed E-state index contributed by atoms with van der Waals surface area (Å²) in [6, 6.07) is 0.320. The Morgan fingerprint density at radius 2 is 2.27 bits per heavy atom. The van der Waals surface area contributed by atoms with E-state index in [1.54, 1.807) is 0 Å². The predicted molar refractivity (Wildman–Crippen MR) is 62.3 cm³/mol. The van der Waals surface area contributed by atoms with Crippen molar-refractivity contribution in [3.8, 4) is 0 Å². The third kappa shape index (κ3) is 3.23. The Morgan fingerprint density at radius 1 is 1.53 bits per heavy atom. The molecule has 0 amide bonds. The summed E-state index contributed by atoms with van der Waals surface area (Å²) in [5.74, 6) is 0.933. The van der Waals surface area contributed by atoms with Crippen molar-refractivity contribution in [2.75, 3.05) is 25.1 Å². The molecule has 1 heterocycles. The molecule has 86 valence electrons. The molecule has 0 fully saturated rings. The number of hydrogen-bond acceptors (Lipinski definition) is 3. The Bertz CT molecular complexity index is 296. The first kappa shape index (κ1) is 12.0. The zero-order valence-electron chi connectivity index (χ0n) is 10.1. The van der Waals surface area contributed by atoms with Crippen molar-refractivity contribution in [3.63, 3.8) is 0 Å². The van der Waals surface area contributed by atoms with Crippen LogP contribution in [0.4, 0.5) is 5.95 Å². The Morgan fingerprint density at radius 3 is 2.87 bits per heavy atom. The van der Waals surface area contributed by atoms with E-state index in [1.165, 1.54) is 0 Å². The van der Waals surface area contributed by atoms with Gasteiger partial charge in [-0.3, -0.25) is 0 Å². The van der Waals surface area contributed by atoms with Crippen LogP contribution in [0, 0.1) is 6.92 Å². The van der Waals surface area contributed by atoms with Crippen LogP contribution < -0.4 is 5.32 Å². The van der Waals surface area contributed by atoms with Gasteiger partial charge in [-0.2, -0.15) is 0 Å². The zero-order valence-corrected chi connectivity index (χ0v) is 10.1. The molecule has 1 aromatic heterocycles. The van der Waals surface area contributed by atoms with Crippen molar-refractivity contribution in [2.45, 2.75) is 33.7 Å². The van der Waals surface area contributed by atoms with Gasteiger partial charge in [0, 0.05) is 19.3 Å². The highest BCUT2D eigenvalue weighted by molar-refractivity contribution is 5.29. The second-order valence-corrected chi connectivity index (χ2v) is 3.65. The first-order chi connectivity index (χ1) is 7.19. The van der Waals surface area contributed by atoms with Crippen LogP contribution >= 0.6 is 0 Å². The van der Waals surface area contributed by atoms with E-state index in [9.17, 15) is 0 Å². The quantitative estimate of drug-likeness (QED) is 0.784. The molecule has 0 saturated carbocycles. The molecular weight excluding hydrogens is 190 g/mol. The van der Waals surface area contributed by atoms with Gasteiger partial charge in [-0.25, -0.2) is 4.98 Å². The van der Waals surface area contributed by atoms with Crippen LogP contribution in [0.3, 0.4) is 0 Å². The maximum absolute atomic E-state index is 5.42. The summed E-state index contributed by atoms with van der Waals surface area (Å²) >= 11 is 0. The van der Waals surface area contributed by atoms with Crippen LogP contribution in [-0.4, -0.2) is 29.3 Å². The lowest BCUT2D eigenvalue weighted by molar-refractivity contribution is 0.119. The highest BCUT2D eigenvalue weighted by atomic mass is 16.5. The lowest BCUT2D eigenvalue weighted by atomic mass is 10.3. The molecule has 0 spiro atoms. The van der Waals surface area contributed by atoms with Gasteiger partial charge in [-0.15, -0.1) is 0 Å². The van der Waals surface area contributed by atoms with Crippen LogP contribution in [0.5, 0.6) is 0 Å². The summed E-state index contributed by atoms with van der Waals surface area (Å²) in [6.45, 7) is 10.6. The van der Waals surface area contributed by atoms with Gasteiger partial charge >= 0.3 is 0 Å². The topological polar surface area (TPSA) is 39.1 Å². The molecule has 1 rings (SSSR count). The normalized spacial score (nSPS) is 12.8. The van der Waals surface area contributed by atoms with E-state index in [-0.39, 0.29) is 0 Å². The van der Waals surface area contributed by atoms with Crippen LogP contribution in [0.25, 0.3) is 0 Å². The predicted octanol–water partition coefficient (Wildman–Crippen LogP) is 2.22. The fraction of sp³-hybridized carbons (Fsp3) is 0.727. The molecule has 0 radical (unpaired) electrons. The fourth-order valence-electron chi connectivity index (χ4n) is 1.51. The average molecular weight is 211 g/mol. The van der Waals surface area contributed by atoms with Gasteiger partial charge in [-0.05, 0) is 27.7 Å². The van der Waals surface area contributed by atoms with Crippen LogP contribution in [0.2, 0.25) is 0 Å². The third-order valence-corrected chi connectivity index (χ3v) is 2.23. The molecule has 4 nitrogen and oxygen atoms in total. The third-order valence-electron chi connectivity index (χ3n) is 2.23. The SMILES string of the molecule is CCNc1nc(C)cn1C(C)COCC.